The third-order valence-corrected chi connectivity index (χ3v) is 3.05. The van der Waals surface area contributed by atoms with Crippen molar-refractivity contribution in [2.24, 2.45) is 0 Å². The lowest BCUT2D eigenvalue weighted by atomic mass is 9.93. The van der Waals surface area contributed by atoms with Crippen LogP contribution >= 0.6 is 0 Å². The van der Waals surface area contributed by atoms with Gasteiger partial charge in [0.15, 0.2) is 0 Å². The van der Waals surface area contributed by atoms with E-state index in [0.717, 1.165) is 37.8 Å². The number of anilines is 1. The first-order chi connectivity index (χ1) is 6.68. The van der Waals surface area contributed by atoms with E-state index in [2.05, 4.69) is 0 Å². The smallest absolute Gasteiger partial charge is 0.0688 e. The van der Waals surface area contributed by atoms with Crippen molar-refractivity contribution in [2.45, 2.75) is 37.7 Å². The summed E-state index contributed by atoms with van der Waals surface area (Å²) in [4.78, 5) is 0. The van der Waals surface area contributed by atoms with Gasteiger partial charge in [0, 0.05) is 12.1 Å². The lowest BCUT2D eigenvalue weighted by Gasteiger charge is -2.21. The van der Waals surface area contributed by atoms with E-state index in [1.165, 1.54) is 5.56 Å². The van der Waals surface area contributed by atoms with E-state index in [-0.39, 0.29) is 0 Å². The first kappa shape index (κ1) is 9.53. The van der Waals surface area contributed by atoms with Crippen molar-refractivity contribution >= 4 is 5.69 Å². The minimum atomic E-state index is -0.448. The monoisotopic (exact) mass is 191 g/mol. The molecule has 0 atom stereocenters. The summed E-state index contributed by atoms with van der Waals surface area (Å²) in [6.45, 7) is 0. The fourth-order valence-electron chi connectivity index (χ4n) is 2.23. The average molecular weight is 191 g/mol. The largest absolute Gasteiger partial charge is 0.399 e. The van der Waals surface area contributed by atoms with Gasteiger partial charge in [0.25, 0.3) is 0 Å². The summed E-state index contributed by atoms with van der Waals surface area (Å²) in [7, 11) is 0. The van der Waals surface area contributed by atoms with Crippen LogP contribution in [-0.2, 0) is 6.42 Å². The summed E-state index contributed by atoms with van der Waals surface area (Å²) in [6.07, 6.45) is 4.97. The molecule has 0 aliphatic heterocycles. The number of benzene rings is 1. The topological polar surface area (TPSA) is 46.2 Å². The highest BCUT2D eigenvalue weighted by atomic mass is 16.3. The molecular weight excluding hydrogens is 174 g/mol. The normalized spacial score (nSPS) is 19.8. The molecule has 0 amide bonds. The summed E-state index contributed by atoms with van der Waals surface area (Å²) in [5.41, 5.74) is 7.13. The molecule has 2 nitrogen and oxygen atoms in total. The molecule has 2 rings (SSSR count). The van der Waals surface area contributed by atoms with Crippen LogP contribution in [0.1, 0.15) is 31.2 Å². The van der Waals surface area contributed by atoms with Crippen molar-refractivity contribution in [3.05, 3.63) is 29.8 Å². The molecule has 1 aliphatic rings. The molecule has 1 aromatic rings. The van der Waals surface area contributed by atoms with Gasteiger partial charge in [-0.2, -0.15) is 0 Å². The molecule has 0 aromatic heterocycles. The van der Waals surface area contributed by atoms with Gasteiger partial charge in [-0.3, -0.25) is 0 Å². The van der Waals surface area contributed by atoms with Crippen LogP contribution in [-0.4, -0.2) is 10.7 Å². The number of hydrogen-bond donors (Lipinski definition) is 2. The molecule has 3 N–H and O–H groups in total. The highest BCUT2D eigenvalue weighted by Gasteiger charge is 2.30. The zero-order valence-electron chi connectivity index (χ0n) is 8.37. The first-order valence-corrected chi connectivity index (χ1v) is 5.25. The van der Waals surface area contributed by atoms with Crippen molar-refractivity contribution < 1.29 is 5.11 Å². The Hall–Kier alpha value is -1.02. The molecule has 0 saturated heterocycles. The van der Waals surface area contributed by atoms with Gasteiger partial charge >= 0.3 is 0 Å². The highest BCUT2D eigenvalue weighted by Crippen LogP contribution is 2.32. The van der Waals surface area contributed by atoms with Gasteiger partial charge in [-0.15, -0.1) is 0 Å². The molecule has 1 aliphatic carbocycles. The third-order valence-electron chi connectivity index (χ3n) is 3.05. The van der Waals surface area contributed by atoms with Crippen molar-refractivity contribution in [1.82, 2.24) is 0 Å². The van der Waals surface area contributed by atoms with Crippen LogP contribution in [0.5, 0.6) is 0 Å². The molecule has 0 unspecified atom stereocenters. The Morgan fingerprint density at radius 2 is 1.71 bits per heavy atom. The first-order valence-electron chi connectivity index (χ1n) is 5.25. The fourth-order valence-corrected chi connectivity index (χ4v) is 2.23. The molecule has 14 heavy (non-hydrogen) atoms. The zero-order valence-corrected chi connectivity index (χ0v) is 8.37. The number of aliphatic hydroxyl groups is 1. The van der Waals surface area contributed by atoms with Crippen LogP contribution in [0.2, 0.25) is 0 Å². The summed E-state index contributed by atoms with van der Waals surface area (Å²) in [5, 5.41) is 10.2. The fraction of sp³-hybridized carbons (Fsp3) is 0.500. The van der Waals surface area contributed by atoms with Crippen LogP contribution in [0.3, 0.4) is 0 Å². The van der Waals surface area contributed by atoms with Crippen LogP contribution in [0.15, 0.2) is 24.3 Å². The maximum Gasteiger partial charge on any atom is 0.0688 e. The molecular formula is C12H17NO. The van der Waals surface area contributed by atoms with E-state index in [1.807, 2.05) is 24.3 Å². The number of rotatable bonds is 2. The van der Waals surface area contributed by atoms with E-state index in [4.69, 9.17) is 5.73 Å². The quantitative estimate of drug-likeness (QED) is 0.703. The molecule has 76 valence electrons. The van der Waals surface area contributed by atoms with E-state index in [1.54, 1.807) is 0 Å². The minimum absolute atomic E-state index is 0.448. The second-order valence-electron chi connectivity index (χ2n) is 4.35. The number of nitrogen functional groups attached to an aromatic ring is 1. The molecule has 0 spiro atoms. The maximum atomic E-state index is 10.2. The summed E-state index contributed by atoms with van der Waals surface area (Å²) < 4.78 is 0. The van der Waals surface area contributed by atoms with Gasteiger partial charge in [0.05, 0.1) is 5.60 Å². The summed E-state index contributed by atoms with van der Waals surface area (Å²) in [6, 6.07) is 7.80. The number of nitrogens with two attached hydrogens (primary N) is 1. The SMILES string of the molecule is Nc1ccc(CC2(O)CCCC2)cc1. The molecule has 0 bridgehead atoms. The van der Waals surface area contributed by atoms with Crippen LogP contribution in [0.25, 0.3) is 0 Å². The Balaban J connectivity index is 2.06. The number of hydrogen-bond acceptors (Lipinski definition) is 2. The zero-order chi connectivity index (χ0) is 10.0. The summed E-state index contributed by atoms with van der Waals surface area (Å²) in [5.74, 6) is 0. The minimum Gasteiger partial charge on any atom is -0.399 e. The predicted molar refractivity (Wildman–Crippen MR) is 58.0 cm³/mol. The van der Waals surface area contributed by atoms with Gasteiger partial charge in [0.2, 0.25) is 0 Å². The Labute approximate surface area is 84.7 Å². The highest BCUT2D eigenvalue weighted by molar-refractivity contribution is 5.39. The molecule has 1 saturated carbocycles. The maximum absolute atomic E-state index is 10.2. The second kappa shape index (κ2) is 3.62. The van der Waals surface area contributed by atoms with E-state index < -0.39 is 5.60 Å². The molecule has 0 heterocycles. The predicted octanol–water partition coefficient (Wildman–Crippen LogP) is 2.12. The molecule has 0 radical (unpaired) electrons. The van der Waals surface area contributed by atoms with Crippen LogP contribution in [0, 0.1) is 0 Å². The Kier molecular flexibility index (Phi) is 2.46. The second-order valence-corrected chi connectivity index (χ2v) is 4.35. The van der Waals surface area contributed by atoms with E-state index >= 15 is 0 Å². The van der Waals surface area contributed by atoms with Gasteiger partial charge in [-0.1, -0.05) is 25.0 Å². The van der Waals surface area contributed by atoms with Crippen molar-refractivity contribution in [1.29, 1.82) is 0 Å². The summed E-state index contributed by atoms with van der Waals surface area (Å²) >= 11 is 0. The molecule has 1 aromatic carbocycles. The van der Waals surface area contributed by atoms with E-state index in [9.17, 15) is 5.11 Å². The molecule has 2 heteroatoms. The Morgan fingerprint density at radius 1 is 1.14 bits per heavy atom. The van der Waals surface area contributed by atoms with Gasteiger partial charge in [-0.05, 0) is 30.5 Å². The van der Waals surface area contributed by atoms with Gasteiger partial charge in [-0.25, -0.2) is 0 Å². The van der Waals surface area contributed by atoms with E-state index in [0.29, 0.717) is 0 Å². The van der Waals surface area contributed by atoms with Gasteiger partial charge in [0.1, 0.15) is 0 Å². The Morgan fingerprint density at radius 3 is 2.29 bits per heavy atom. The van der Waals surface area contributed by atoms with Crippen molar-refractivity contribution in [2.75, 3.05) is 5.73 Å². The Bertz CT molecular complexity index is 299. The lowest BCUT2D eigenvalue weighted by Crippen LogP contribution is -2.26. The van der Waals surface area contributed by atoms with Crippen LogP contribution < -0.4 is 5.73 Å². The molecule has 1 fully saturated rings. The average Bonchev–Trinajstić information content (AvgIpc) is 2.57. The van der Waals surface area contributed by atoms with Crippen molar-refractivity contribution in [3.8, 4) is 0 Å². The lowest BCUT2D eigenvalue weighted by molar-refractivity contribution is 0.0482. The van der Waals surface area contributed by atoms with Crippen molar-refractivity contribution in [3.63, 3.8) is 0 Å². The third kappa shape index (κ3) is 2.07. The van der Waals surface area contributed by atoms with Gasteiger partial charge < -0.3 is 10.8 Å². The standard InChI is InChI=1S/C12H17NO/c13-11-5-3-10(4-6-11)9-12(14)7-1-2-8-12/h3-6,14H,1-2,7-9,13H2. The van der Waals surface area contributed by atoms with Crippen LogP contribution in [0.4, 0.5) is 5.69 Å².